The van der Waals surface area contributed by atoms with Gasteiger partial charge in [0.05, 0.1) is 6.07 Å². The van der Waals surface area contributed by atoms with Gasteiger partial charge < -0.3 is 4.90 Å². The van der Waals surface area contributed by atoms with E-state index in [9.17, 15) is 4.79 Å². The molecule has 3 nitrogen and oxygen atoms in total. The van der Waals surface area contributed by atoms with Crippen molar-refractivity contribution in [2.45, 2.75) is 90.0 Å². The number of carbonyl (C=O) groups is 1. The minimum atomic E-state index is -0.246. The summed E-state index contributed by atoms with van der Waals surface area (Å²) in [4.78, 5) is 14.2. The molecule has 142 valence electrons. The molecule has 26 heavy (non-hydrogen) atoms. The fourth-order valence-corrected chi connectivity index (χ4v) is 3.76. The summed E-state index contributed by atoms with van der Waals surface area (Å²) in [7, 11) is 0. The van der Waals surface area contributed by atoms with Crippen molar-refractivity contribution in [1.82, 2.24) is 4.90 Å². The number of unbranched alkanes of at least 4 members (excludes halogenated alkanes) is 8. The van der Waals surface area contributed by atoms with E-state index in [1.807, 2.05) is 12.1 Å². The molecule has 0 N–H and O–H groups in total. The summed E-state index contributed by atoms with van der Waals surface area (Å²) in [5.41, 5.74) is 2.02. The normalized spacial score (nSPS) is 16.6. The van der Waals surface area contributed by atoms with Gasteiger partial charge in [0.1, 0.15) is 6.04 Å². The molecule has 1 amide bonds. The van der Waals surface area contributed by atoms with Crippen molar-refractivity contribution in [3.8, 4) is 6.07 Å². The average molecular weight is 355 g/mol. The van der Waals surface area contributed by atoms with E-state index in [1.54, 1.807) is 4.90 Å². The van der Waals surface area contributed by atoms with Gasteiger partial charge >= 0.3 is 0 Å². The lowest BCUT2D eigenvalue weighted by molar-refractivity contribution is 0.0765. The second-order valence-electron chi connectivity index (χ2n) is 7.56. The number of rotatable bonds is 11. The Hall–Kier alpha value is -1.82. The fourth-order valence-electron chi connectivity index (χ4n) is 3.76. The standard InChI is InChI=1S/C23H34N2O/c1-2-3-4-5-6-7-8-9-10-12-20-14-16-21(17-15-20)23(26)25-18-11-13-22(25)19-24/h14-17,22H,2-13,18H2,1H3/t22-/m0/s1. The Labute approximate surface area is 159 Å². The Morgan fingerprint density at radius 1 is 1.04 bits per heavy atom. The van der Waals surface area contributed by atoms with Crippen LogP contribution in [0.4, 0.5) is 0 Å². The Kier molecular flexibility index (Phi) is 9.24. The van der Waals surface area contributed by atoms with E-state index in [0.717, 1.165) is 19.3 Å². The summed E-state index contributed by atoms with van der Waals surface area (Å²) in [6, 6.07) is 10.0. The second kappa shape index (κ2) is 11.7. The highest BCUT2D eigenvalue weighted by atomic mass is 16.2. The molecule has 1 aromatic carbocycles. The van der Waals surface area contributed by atoms with Gasteiger partial charge in [-0.25, -0.2) is 0 Å². The Morgan fingerprint density at radius 3 is 2.27 bits per heavy atom. The van der Waals surface area contributed by atoms with Crippen molar-refractivity contribution in [2.24, 2.45) is 0 Å². The summed E-state index contributed by atoms with van der Waals surface area (Å²) in [6.07, 6.45) is 14.9. The summed E-state index contributed by atoms with van der Waals surface area (Å²) < 4.78 is 0. The lowest BCUT2D eigenvalue weighted by atomic mass is 10.0. The number of nitriles is 1. The van der Waals surface area contributed by atoms with Crippen molar-refractivity contribution < 1.29 is 4.79 Å². The maximum atomic E-state index is 12.5. The quantitative estimate of drug-likeness (QED) is 0.465. The Morgan fingerprint density at radius 2 is 1.65 bits per heavy atom. The molecular formula is C23H34N2O. The molecule has 1 heterocycles. The lowest BCUT2D eigenvalue weighted by Gasteiger charge is -2.19. The van der Waals surface area contributed by atoms with Gasteiger partial charge in [-0.15, -0.1) is 0 Å². The number of hydrogen-bond acceptors (Lipinski definition) is 2. The number of carbonyl (C=O) groups excluding carboxylic acids is 1. The molecule has 0 saturated carbocycles. The minimum absolute atomic E-state index is 0.00340. The number of likely N-dealkylation sites (tertiary alicyclic amines) is 1. The monoisotopic (exact) mass is 354 g/mol. The molecule has 1 fully saturated rings. The highest BCUT2D eigenvalue weighted by molar-refractivity contribution is 5.94. The Bertz CT molecular complexity index is 573. The molecule has 1 aromatic rings. The zero-order valence-corrected chi connectivity index (χ0v) is 16.4. The van der Waals surface area contributed by atoms with Crippen molar-refractivity contribution >= 4 is 5.91 Å². The summed E-state index contributed by atoms with van der Waals surface area (Å²) in [5, 5.41) is 9.14. The van der Waals surface area contributed by atoms with Gasteiger partial charge in [-0.3, -0.25) is 4.79 Å². The molecule has 0 bridgehead atoms. The van der Waals surface area contributed by atoms with E-state index in [0.29, 0.717) is 12.1 Å². The van der Waals surface area contributed by atoms with Crippen LogP contribution in [0.25, 0.3) is 0 Å². The maximum Gasteiger partial charge on any atom is 0.254 e. The molecule has 1 aliphatic rings. The maximum absolute atomic E-state index is 12.5. The van der Waals surface area contributed by atoms with Gasteiger partial charge in [0, 0.05) is 12.1 Å². The van der Waals surface area contributed by atoms with E-state index in [1.165, 1.54) is 63.4 Å². The van der Waals surface area contributed by atoms with Crippen LogP contribution in [0.2, 0.25) is 0 Å². The first-order valence-corrected chi connectivity index (χ1v) is 10.6. The van der Waals surface area contributed by atoms with Crippen LogP contribution in [-0.4, -0.2) is 23.4 Å². The number of nitrogens with zero attached hydrogens (tertiary/aromatic N) is 2. The first-order chi connectivity index (χ1) is 12.8. The van der Waals surface area contributed by atoms with Crippen molar-refractivity contribution in [2.75, 3.05) is 6.54 Å². The van der Waals surface area contributed by atoms with Crippen LogP contribution in [0, 0.1) is 11.3 Å². The SMILES string of the molecule is CCCCCCCCCCCc1ccc(C(=O)N2CCC[C@H]2C#N)cc1. The number of benzene rings is 1. The third kappa shape index (κ3) is 6.48. The summed E-state index contributed by atoms with van der Waals surface area (Å²) >= 11 is 0. The molecular weight excluding hydrogens is 320 g/mol. The third-order valence-corrected chi connectivity index (χ3v) is 5.43. The highest BCUT2D eigenvalue weighted by Gasteiger charge is 2.29. The molecule has 1 saturated heterocycles. The van der Waals surface area contributed by atoms with Gasteiger partial charge in [-0.05, 0) is 43.4 Å². The highest BCUT2D eigenvalue weighted by Crippen LogP contribution is 2.20. The van der Waals surface area contributed by atoms with Crippen molar-refractivity contribution in [1.29, 1.82) is 5.26 Å². The van der Waals surface area contributed by atoms with Crippen LogP contribution in [0.15, 0.2) is 24.3 Å². The summed E-state index contributed by atoms with van der Waals surface area (Å²) in [5.74, 6) is 0.00340. The first-order valence-electron chi connectivity index (χ1n) is 10.6. The van der Waals surface area contributed by atoms with E-state index < -0.39 is 0 Å². The van der Waals surface area contributed by atoms with Gasteiger partial charge in [-0.1, -0.05) is 70.4 Å². The zero-order valence-electron chi connectivity index (χ0n) is 16.4. The molecule has 0 aromatic heterocycles. The third-order valence-electron chi connectivity index (χ3n) is 5.43. The molecule has 0 spiro atoms. The minimum Gasteiger partial charge on any atom is -0.323 e. The van der Waals surface area contributed by atoms with Crippen LogP contribution >= 0.6 is 0 Å². The van der Waals surface area contributed by atoms with Gasteiger partial charge in [0.25, 0.3) is 5.91 Å². The topological polar surface area (TPSA) is 44.1 Å². The van der Waals surface area contributed by atoms with E-state index in [4.69, 9.17) is 5.26 Å². The smallest absolute Gasteiger partial charge is 0.254 e. The number of aryl methyl sites for hydroxylation is 1. The molecule has 1 aliphatic heterocycles. The number of hydrogen-bond donors (Lipinski definition) is 0. The number of amides is 1. The molecule has 0 aliphatic carbocycles. The van der Waals surface area contributed by atoms with Crippen LogP contribution in [0.5, 0.6) is 0 Å². The molecule has 1 atom stereocenters. The first kappa shape index (κ1) is 20.5. The van der Waals surface area contributed by atoms with Gasteiger partial charge in [0.2, 0.25) is 0 Å². The van der Waals surface area contributed by atoms with E-state index in [-0.39, 0.29) is 11.9 Å². The molecule has 3 heteroatoms. The fraction of sp³-hybridized carbons (Fsp3) is 0.652. The van der Waals surface area contributed by atoms with E-state index >= 15 is 0 Å². The van der Waals surface area contributed by atoms with Gasteiger partial charge in [-0.2, -0.15) is 5.26 Å². The van der Waals surface area contributed by atoms with Crippen LogP contribution < -0.4 is 0 Å². The summed E-state index contributed by atoms with van der Waals surface area (Å²) in [6.45, 7) is 2.97. The van der Waals surface area contributed by atoms with Crippen molar-refractivity contribution in [3.63, 3.8) is 0 Å². The second-order valence-corrected chi connectivity index (χ2v) is 7.56. The predicted molar refractivity (Wildman–Crippen MR) is 107 cm³/mol. The van der Waals surface area contributed by atoms with Gasteiger partial charge in [0.15, 0.2) is 0 Å². The molecule has 2 rings (SSSR count). The van der Waals surface area contributed by atoms with Crippen LogP contribution in [-0.2, 0) is 6.42 Å². The van der Waals surface area contributed by atoms with Crippen molar-refractivity contribution in [3.05, 3.63) is 35.4 Å². The molecule has 0 unspecified atom stereocenters. The lowest BCUT2D eigenvalue weighted by Crippen LogP contribution is -2.34. The van der Waals surface area contributed by atoms with E-state index in [2.05, 4.69) is 25.1 Å². The van der Waals surface area contributed by atoms with Crippen LogP contribution in [0.3, 0.4) is 0 Å². The zero-order chi connectivity index (χ0) is 18.6. The largest absolute Gasteiger partial charge is 0.323 e. The molecule has 0 radical (unpaired) electrons. The average Bonchev–Trinajstić information content (AvgIpc) is 3.15. The Balaban J connectivity index is 1.65. The predicted octanol–water partition coefficient (Wildman–Crippen LogP) is 5.89. The van der Waals surface area contributed by atoms with Crippen LogP contribution in [0.1, 0.15) is 93.5 Å².